The Bertz CT molecular complexity index is 817. The van der Waals surface area contributed by atoms with Crippen LogP contribution < -0.4 is 10.6 Å². The first-order valence-corrected chi connectivity index (χ1v) is 10.7. The highest BCUT2D eigenvalue weighted by Crippen LogP contribution is 2.21. The third-order valence-corrected chi connectivity index (χ3v) is 5.38. The standard InChI is InChI=1S/C19H19Cl3N2O2S/c1-27-9-8-17(19(26)23-11-12-4-2-3-5-15(12)21)24-18(25)14-7-6-13(20)10-16(14)22/h2-7,10,17H,8-9,11H2,1H3,(H,23,26)(H,24,25). The molecular formula is C19H19Cl3N2O2S. The molecular weight excluding hydrogens is 427 g/mol. The molecule has 2 N–H and O–H groups in total. The zero-order valence-electron chi connectivity index (χ0n) is 14.6. The Balaban J connectivity index is 2.05. The van der Waals surface area contributed by atoms with E-state index < -0.39 is 11.9 Å². The molecule has 2 aromatic rings. The van der Waals surface area contributed by atoms with Crippen LogP contribution >= 0.6 is 46.6 Å². The van der Waals surface area contributed by atoms with Crippen molar-refractivity contribution in [1.82, 2.24) is 10.6 Å². The Morgan fingerprint density at radius 1 is 1.07 bits per heavy atom. The number of nitrogens with one attached hydrogen (secondary N) is 2. The summed E-state index contributed by atoms with van der Waals surface area (Å²) in [5.41, 5.74) is 1.08. The summed E-state index contributed by atoms with van der Waals surface area (Å²) < 4.78 is 0. The summed E-state index contributed by atoms with van der Waals surface area (Å²) >= 11 is 19.7. The molecule has 0 aliphatic heterocycles. The quantitative estimate of drug-likeness (QED) is 0.613. The molecule has 0 saturated heterocycles. The van der Waals surface area contributed by atoms with Gasteiger partial charge in [-0.15, -0.1) is 0 Å². The van der Waals surface area contributed by atoms with Crippen molar-refractivity contribution >= 4 is 58.4 Å². The average Bonchev–Trinajstić information content (AvgIpc) is 2.64. The average molecular weight is 446 g/mol. The highest BCUT2D eigenvalue weighted by Gasteiger charge is 2.22. The monoisotopic (exact) mass is 444 g/mol. The molecule has 0 aliphatic carbocycles. The van der Waals surface area contributed by atoms with E-state index in [2.05, 4.69) is 10.6 Å². The maximum atomic E-state index is 12.6. The van der Waals surface area contributed by atoms with Crippen molar-refractivity contribution in [3.8, 4) is 0 Å². The molecule has 1 unspecified atom stereocenters. The van der Waals surface area contributed by atoms with Gasteiger partial charge in [-0.1, -0.05) is 53.0 Å². The van der Waals surface area contributed by atoms with E-state index in [1.165, 1.54) is 12.1 Å². The fourth-order valence-electron chi connectivity index (χ4n) is 2.36. The lowest BCUT2D eigenvalue weighted by Crippen LogP contribution is -2.47. The molecule has 0 radical (unpaired) electrons. The van der Waals surface area contributed by atoms with Gasteiger partial charge in [0.2, 0.25) is 5.91 Å². The van der Waals surface area contributed by atoms with Crippen LogP contribution in [0.4, 0.5) is 0 Å². The Labute approximate surface area is 177 Å². The molecule has 0 saturated carbocycles. The molecule has 0 aliphatic rings. The number of amides is 2. The lowest BCUT2D eigenvalue weighted by atomic mass is 10.1. The second-order valence-corrected chi connectivity index (χ2v) is 7.98. The number of hydrogen-bond donors (Lipinski definition) is 2. The molecule has 144 valence electrons. The summed E-state index contributed by atoms with van der Waals surface area (Å²) in [7, 11) is 0. The summed E-state index contributed by atoms with van der Waals surface area (Å²) in [5.74, 6) is 0.0248. The molecule has 8 heteroatoms. The van der Waals surface area contributed by atoms with Crippen LogP contribution in [0.25, 0.3) is 0 Å². The minimum Gasteiger partial charge on any atom is -0.350 e. The zero-order valence-corrected chi connectivity index (χ0v) is 17.7. The van der Waals surface area contributed by atoms with Crippen molar-refractivity contribution in [1.29, 1.82) is 0 Å². The first kappa shape index (κ1) is 21.9. The highest BCUT2D eigenvalue weighted by molar-refractivity contribution is 7.98. The van der Waals surface area contributed by atoms with E-state index in [1.54, 1.807) is 23.9 Å². The van der Waals surface area contributed by atoms with E-state index in [0.717, 1.165) is 11.3 Å². The third kappa shape index (κ3) is 6.61. The highest BCUT2D eigenvalue weighted by atomic mass is 35.5. The molecule has 27 heavy (non-hydrogen) atoms. The van der Waals surface area contributed by atoms with Crippen molar-refractivity contribution in [2.45, 2.75) is 19.0 Å². The summed E-state index contributed by atoms with van der Waals surface area (Å²) in [6, 6.07) is 11.2. The van der Waals surface area contributed by atoms with Crippen LogP contribution in [0.15, 0.2) is 42.5 Å². The lowest BCUT2D eigenvalue weighted by Gasteiger charge is -2.19. The van der Waals surface area contributed by atoms with Gasteiger partial charge in [-0.3, -0.25) is 9.59 Å². The second-order valence-electron chi connectivity index (χ2n) is 5.74. The van der Waals surface area contributed by atoms with E-state index in [0.29, 0.717) is 16.5 Å². The number of carbonyl (C=O) groups excluding carboxylic acids is 2. The minimum absolute atomic E-state index is 0.236. The molecule has 0 bridgehead atoms. The van der Waals surface area contributed by atoms with E-state index in [9.17, 15) is 9.59 Å². The predicted molar refractivity (Wildman–Crippen MR) is 114 cm³/mol. The van der Waals surface area contributed by atoms with E-state index in [-0.39, 0.29) is 23.0 Å². The minimum atomic E-state index is -0.681. The first-order valence-electron chi connectivity index (χ1n) is 8.18. The van der Waals surface area contributed by atoms with Crippen LogP contribution in [-0.4, -0.2) is 29.9 Å². The van der Waals surface area contributed by atoms with Gasteiger partial charge < -0.3 is 10.6 Å². The van der Waals surface area contributed by atoms with Crippen molar-refractivity contribution in [2.75, 3.05) is 12.0 Å². The molecule has 1 atom stereocenters. The first-order chi connectivity index (χ1) is 12.9. The zero-order chi connectivity index (χ0) is 19.8. The topological polar surface area (TPSA) is 58.2 Å². The van der Waals surface area contributed by atoms with Crippen LogP contribution in [0, 0.1) is 0 Å². The maximum Gasteiger partial charge on any atom is 0.253 e. The number of halogens is 3. The van der Waals surface area contributed by atoms with E-state index in [4.69, 9.17) is 34.8 Å². The summed E-state index contributed by atoms with van der Waals surface area (Å²) in [4.78, 5) is 25.1. The lowest BCUT2D eigenvalue weighted by molar-refractivity contribution is -0.123. The molecule has 2 rings (SSSR count). The summed E-state index contributed by atoms with van der Waals surface area (Å²) in [6.45, 7) is 0.284. The molecule has 0 aromatic heterocycles. The van der Waals surface area contributed by atoms with Gasteiger partial charge in [0.15, 0.2) is 0 Å². The second kappa shape index (κ2) is 10.8. The fraction of sp³-hybridized carbons (Fsp3) is 0.263. The number of rotatable bonds is 8. The van der Waals surface area contributed by atoms with Crippen LogP contribution in [-0.2, 0) is 11.3 Å². The SMILES string of the molecule is CSCCC(NC(=O)c1ccc(Cl)cc1Cl)C(=O)NCc1ccccc1Cl. The van der Waals surface area contributed by atoms with Gasteiger partial charge in [-0.2, -0.15) is 11.8 Å². The summed E-state index contributed by atoms with van der Waals surface area (Å²) in [5, 5.41) is 6.84. The van der Waals surface area contributed by atoms with Gasteiger partial charge in [0, 0.05) is 16.6 Å². The van der Waals surface area contributed by atoms with Gasteiger partial charge in [-0.05, 0) is 48.3 Å². The van der Waals surface area contributed by atoms with Crippen LogP contribution in [0.3, 0.4) is 0 Å². The predicted octanol–water partition coefficient (Wildman–Crippen LogP) is 4.81. The molecule has 0 spiro atoms. The van der Waals surface area contributed by atoms with Gasteiger partial charge >= 0.3 is 0 Å². The number of carbonyl (C=O) groups is 2. The van der Waals surface area contributed by atoms with Crippen molar-refractivity contribution in [3.63, 3.8) is 0 Å². The van der Waals surface area contributed by atoms with Crippen molar-refractivity contribution in [3.05, 3.63) is 68.7 Å². The Morgan fingerprint density at radius 3 is 2.48 bits per heavy atom. The largest absolute Gasteiger partial charge is 0.350 e. The molecule has 0 fully saturated rings. The van der Waals surface area contributed by atoms with Crippen LogP contribution in [0.2, 0.25) is 15.1 Å². The number of benzene rings is 2. The number of thioether (sulfide) groups is 1. The van der Waals surface area contributed by atoms with Crippen molar-refractivity contribution in [2.24, 2.45) is 0 Å². The van der Waals surface area contributed by atoms with Crippen LogP contribution in [0.1, 0.15) is 22.3 Å². The van der Waals surface area contributed by atoms with E-state index in [1.807, 2.05) is 24.5 Å². The Morgan fingerprint density at radius 2 is 1.81 bits per heavy atom. The smallest absolute Gasteiger partial charge is 0.253 e. The molecule has 2 aromatic carbocycles. The number of hydrogen-bond acceptors (Lipinski definition) is 3. The van der Waals surface area contributed by atoms with Gasteiger partial charge in [-0.25, -0.2) is 0 Å². The van der Waals surface area contributed by atoms with Crippen molar-refractivity contribution < 1.29 is 9.59 Å². The normalized spacial score (nSPS) is 11.7. The fourth-order valence-corrected chi connectivity index (χ4v) is 3.53. The third-order valence-electron chi connectivity index (χ3n) is 3.82. The molecule has 0 heterocycles. The Kier molecular flexibility index (Phi) is 8.77. The van der Waals surface area contributed by atoms with Gasteiger partial charge in [0.25, 0.3) is 5.91 Å². The Hall–Kier alpha value is -1.40. The summed E-state index contributed by atoms with van der Waals surface area (Å²) in [6.07, 6.45) is 2.43. The van der Waals surface area contributed by atoms with Crippen LogP contribution in [0.5, 0.6) is 0 Å². The molecule has 4 nitrogen and oxygen atoms in total. The van der Waals surface area contributed by atoms with Gasteiger partial charge in [0.05, 0.1) is 10.6 Å². The van der Waals surface area contributed by atoms with E-state index >= 15 is 0 Å². The van der Waals surface area contributed by atoms with Gasteiger partial charge in [0.1, 0.15) is 6.04 Å². The maximum absolute atomic E-state index is 12.6. The molecule has 2 amide bonds.